The van der Waals surface area contributed by atoms with Crippen molar-refractivity contribution in [2.45, 2.75) is 71.0 Å². The molecule has 1 atom stereocenters. The van der Waals surface area contributed by atoms with Crippen molar-refractivity contribution in [3.63, 3.8) is 0 Å². The fourth-order valence-corrected chi connectivity index (χ4v) is 3.09. The summed E-state index contributed by atoms with van der Waals surface area (Å²) in [6, 6.07) is 0. The topological polar surface area (TPSA) is 40.5 Å². The minimum Gasteiger partial charge on any atom is -0.390 e. The summed E-state index contributed by atoms with van der Waals surface area (Å²) in [6.45, 7) is 11.4. The van der Waals surface area contributed by atoms with E-state index in [1.165, 1.54) is 0 Å². The summed E-state index contributed by atoms with van der Waals surface area (Å²) < 4.78 is 0. The zero-order chi connectivity index (χ0) is 12.6. The molecule has 2 heteroatoms. The van der Waals surface area contributed by atoms with Crippen LogP contribution in [0, 0.1) is 5.41 Å². The first-order chi connectivity index (χ1) is 7.08. The number of hydrogen-bond donors (Lipinski definition) is 2. The average molecular weight is 226 g/mol. The lowest BCUT2D eigenvalue weighted by molar-refractivity contribution is -0.0890. The van der Waals surface area contributed by atoms with Crippen molar-refractivity contribution in [1.29, 1.82) is 0 Å². The minimum absolute atomic E-state index is 0.330. The molecule has 0 aromatic heterocycles. The lowest BCUT2D eigenvalue weighted by atomic mass is 9.58. The van der Waals surface area contributed by atoms with Gasteiger partial charge in [0.1, 0.15) is 0 Å². The highest BCUT2D eigenvalue weighted by atomic mass is 16.3. The van der Waals surface area contributed by atoms with Gasteiger partial charge in [0.25, 0.3) is 0 Å². The molecular formula is C14H26O2. The Morgan fingerprint density at radius 1 is 1.19 bits per heavy atom. The third kappa shape index (κ3) is 2.67. The zero-order valence-electron chi connectivity index (χ0n) is 11.1. The Morgan fingerprint density at radius 2 is 1.75 bits per heavy atom. The summed E-state index contributed by atoms with van der Waals surface area (Å²) in [6.07, 6.45) is 4.75. The first kappa shape index (κ1) is 13.7. The summed E-state index contributed by atoms with van der Waals surface area (Å²) in [5.41, 5.74) is -0.803. The van der Waals surface area contributed by atoms with E-state index in [1.807, 2.05) is 27.7 Å². The molecule has 0 bridgehead atoms. The van der Waals surface area contributed by atoms with Crippen molar-refractivity contribution in [2.75, 3.05) is 0 Å². The predicted molar refractivity (Wildman–Crippen MR) is 67.3 cm³/mol. The van der Waals surface area contributed by atoms with Crippen LogP contribution in [0.2, 0.25) is 0 Å². The standard InChI is InChI=1S/C14H26O2/c1-11-8-6-7-9-14(11,13(4,5)16)10-12(2,3)15/h15-16H,1,6-10H2,2-5H3. The first-order valence-corrected chi connectivity index (χ1v) is 6.21. The van der Waals surface area contributed by atoms with Crippen LogP contribution in [0.3, 0.4) is 0 Å². The molecule has 0 spiro atoms. The van der Waals surface area contributed by atoms with E-state index in [2.05, 4.69) is 6.58 Å². The molecule has 1 aliphatic rings. The Bertz CT molecular complexity index is 267. The molecule has 1 aliphatic carbocycles. The zero-order valence-corrected chi connectivity index (χ0v) is 11.1. The first-order valence-electron chi connectivity index (χ1n) is 6.21. The molecule has 0 aliphatic heterocycles. The van der Waals surface area contributed by atoms with Gasteiger partial charge in [0.15, 0.2) is 0 Å². The van der Waals surface area contributed by atoms with E-state index in [1.54, 1.807) is 0 Å². The van der Waals surface area contributed by atoms with Crippen molar-refractivity contribution in [3.05, 3.63) is 12.2 Å². The van der Waals surface area contributed by atoms with Crippen LogP contribution in [-0.4, -0.2) is 21.4 Å². The second-order valence-corrected chi connectivity index (χ2v) is 6.44. The number of rotatable bonds is 3. The molecule has 0 amide bonds. The number of hydrogen-bond acceptors (Lipinski definition) is 2. The van der Waals surface area contributed by atoms with E-state index in [9.17, 15) is 10.2 Å². The Morgan fingerprint density at radius 3 is 2.12 bits per heavy atom. The van der Waals surface area contributed by atoms with Crippen LogP contribution < -0.4 is 0 Å². The molecule has 0 saturated heterocycles. The molecule has 2 N–H and O–H groups in total. The van der Waals surface area contributed by atoms with Gasteiger partial charge < -0.3 is 10.2 Å². The fourth-order valence-electron chi connectivity index (χ4n) is 3.09. The highest BCUT2D eigenvalue weighted by Gasteiger charge is 2.49. The van der Waals surface area contributed by atoms with Crippen LogP contribution >= 0.6 is 0 Å². The van der Waals surface area contributed by atoms with E-state index in [-0.39, 0.29) is 5.41 Å². The largest absolute Gasteiger partial charge is 0.390 e. The van der Waals surface area contributed by atoms with E-state index < -0.39 is 11.2 Å². The van der Waals surface area contributed by atoms with Gasteiger partial charge in [0, 0.05) is 5.41 Å². The molecular weight excluding hydrogens is 200 g/mol. The smallest absolute Gasteiger partial charge is 0.0685 e. The van der Waals surface area contributed by atoms with Crippen molar-refractivity contribution in [1.82, 2.24) is 0 Å². The van der Waals surface area contributed by atoms with E-state index in [4.69, 9.17) is 0 Å². The summed E-state index contributed by atoms with van der Waals surface area (Å²) in [4.78, 5) is 0. The van der Waals surface area contributed by atoms with Crippen LogP contribution in [0.15, 0.2) is 12.2 Å². The highest BCUT2D eigenvalue weighted by Crippen LogP contribution is 2.52. The summed E-state index contributed by atoms with van der Waals surface area (Å²) >= 11 is 0. The Kier molecular flexibility index (Phi) is 3.56. The van der Waals surface area contributed by atoms with E-state index >= 15 is 0 Å². The molecule has 0 radical (unpaired) electrons. The maximum Gasteiger partial charge on any atom is 0.0685 e. The van der Waals surface area contributed by atoms with Crippen LogP contribution in [0.5, 0.6) is 0 Å². The molecule has 1 fully saturated rings. The van der Waals surface area contributed by atoms with E-state index in [0.717, 1.165) is 31.3 Å². The van der Waals surface area contributed by atoms with Crippen LogP contribution in [0.25, 0.3) is 0 Å². The maximum atomic E-state index is 10.5. The van der Waals surface area contributed by atoms with Gasteiger partial charge in [-0.1, -0.05) is 18.6 Å². The van der Waals surface area contributed by atoms with Gasteiger partial charge in [-0.25, -0.2) is 0 Å². The molecule has 94 valence electrons. The van der Waals surface area contributed by atoms with Gasteiger partial charge >= 0.3 is 0 Å². The predicted octanol–water partition coefficient (Wildman–Crippen LogP) is 3.03. The Labute approximate surface area is 99.4 Å². The number of aliphatic hydroxyl groups is 2. The third-order valence-corrected chi connectivity index (χ3v) is 3.91. The molecule has 0 heterocycles. The van der Waals surface area contributed by atoms with E-state index in [0.29, 0.717) is 6.42 Å². The summed E-state index contributed by atoms with van der Waals surface area (Å²) in [5, 5.41) is 20.5. The molecule has 1 unspecified atom stereocenters. The normalized spacial score (nSPS) is 28.2. The van der Waals surface area contributed by atoms with Crippen molar-refractivity contribution in [2.24, 2.45) is 5.41 Å². The monoisotopic (exact) mass is 226 g/mol. The van der Waals surface area contributed by atoms with Gasteiger partial charge in [0.05, 0.1) is 11.2 Å². The SMILES string of the molecule is C=C1CCCCC1(CC(C)(C)O)C(C)(C)O. The quantitative estimate of drug-likeness (QED) is 0.726. The van der Waals surface area contributed by atoms with Gasteiger partial charge in [-0.15, -0.1) is 0 Å². The fraction of sp³-hybridized carbons (Fsp3) is 0.857. The van der Waals surface area contributed by atoms with Gasteiger partial charge in [-0.3, -0.25) is 0 Å². The molecule has 1 saturated carbocycles. The second kappa shape index (κ2) is 4.15. The molecule has 1 rings (SSSR count). The van der Waals surface area contributed by atoms with Gasteiger partial charge in [0.2, 0.25) is 0 Å². The van der Waals surface area contributed by atoms with Gasteiger partial charge in [-0.05, 0) is 53.4 Å². The molecule has 0 aromatic carbocycles. The van der Waals surface area contributed by atoms with Crippen molar-refractivity contribution < 1.29 is 10.2 Å². The van der Waals surface area contributed by atoms with Gasteiger partial charge in [-0.2, -0.15) is 0 Å². The highest BCUT2D eigenvalue weighted by molar-refractivity contribution is 5.20. The van der Waals surface area contributed by atoms with Crippen LogP contribution in [0.4, 0.5) is 0 Å². The lowest BCUT2D eigenvalue weighted by Crippen LogP contribution is -2.50. The molecule has 0 aromatic rings. The van der Waals surface area contributed by atoms with Crippen LogP contribution in [0.1, 0.15) is 59.8 Å². The maximum absolute atomic E-state index is 10.5. The summed E-state index contributed by atoms with van der Waals surface area (Å²) in [5.74, 6) is 0. The molecule has 2 nitrogen and oxygen atoms in total. The average Bonchev–Trinajstić information content (AvgIpc) is 2.04. The van der Waals surface area contributed by atoms with Crippen LogP contribution in [-0.2, 0) is 0 Å². The Balaban J connectivity index is 3.06. The minimum atomic E-state index is -0.815. The summed E-state index contributed by atoms with van der Waals surface area (Å²) in [7, 11) is 0. The van der Waals surface area contributed by atoms with Crippen molar-refractivity contribution >= 4 is 0 Å². The Hall–Kier alpha value is -0.340. The van der Waals surface area contributed by atoms with Crippen molar-refractivity contribution in [3.8, 4) is 0 Å². The second-order valence-electron chi connectivity index (χ2n) is 6.44. The third-order valence-electron chi connectivity index (χ3n) is 3.91. The molecule has 16 heavy (non-hydrogen) atoms. The lowest BCUT2D eigenvalue weighted by Gasteiger charge is -2.50.